The molecule has 6 nitrogen and oxygen atoms in total. The summed E-state index contributed by atoms with van der Waals surface area (Å²) in [5.74, 6) is -1.17. The van der Waals surface area contributed by atoms with Gasteiger partial charge in [0.25, 0.3) is 5.91 Å². The lowest BCUT2D eigenvalue weighted by atomic mass is 9.92. The fourth-order valence-electron chi connectivity index (χ4n) is 3.80. The van der Waals surface area contributed by atoms with Gasteiger partial charge in [-0.25, -0.2) is 19.3 Å². The molecule has 0 unspecified atom stereocenters. The average Bonchev–Trinajstić information content (AvgIpc) is 2.72. The van der Waals surface area contributed by atoms with Gasteiger partial charge in [0.15, 0.2) is 0 Å². The van der Waals surface area contributed by atoms with Crippen molar-refractivity contribution in [3.05, 3.63) is 76.4 Å². The molecule has 0 saturated carbocycles. The topological polar surface area (TPSA) is 85.0 Å². The van der Waals surface area contributed by atoms with Gasteiger partial charge in [0.1, 0.15) is 23.5 Å². The number of nitrogens with two attached hydrogens (primary N) is 1. The van der Waals surface area contributed by atoms with E-state index in [9.17, 15) is 22.4 Å². The molecule has 1 aliphatic rings. The zero-order valence-corrected chi connectivity index (χ0v) is 17.1. The van der Waals surface area contributed by atoms with Gasteiger partial charge in [0.05, 0.1) is 11.4 Å². The number of alkyl halides is 3. The minimum absolute atomic E-state index is 0.00182. The summed E-state index contributed by atoms with van der Waals surface area (Å²) in [4.78, 5) is 25.3. The molecule has 0 fully saturated rings. The third-order valence-corrected chi connectivity index (χ3v) is 5.33. The van der Waals surface area contributed by atoms with Gasteiger partial charge < -0.3 is 5.73 Å². The Labute approximate surface area is 181 Å². The number of rotatable bonds is 4. The first kappa shape index (κ1) is 21.8. The van der Waals surface area contributed by atoms with E-state index in [1.807, 2.05) is 4.90 Å². The molecule has 10 heteroatoms. The van der Waals surface area contributed by atoms with E-state index in [2.05, 4.69) is 15.0 Å². The first-order valence-corrected chi connectivity index (χ1v) is 9.81. The second kappa shape index (κ2) is 8.27. The van der Waals surface area contributed by atoms with Crippen molar-refractivity contribution in [2.45, 2.75) is 32.6 Å². The van der Waals surface area contributed by atoms with Crippen LogP contribution in [0, 0.1) is 12.7 Å². The first-order valence-electron chi connectivity index (χ1n) is 9.81. The monoisotopic (exact) mass is 445 g/mol. The standard InChI is InChI=1S/C22H19F4N5O/c1-12-2-3-14(17(23)6-12)16-8-18(21(27)32)30-19-10-31(5-4-15(16)19)9-13-7-20(22(24,25)26)29-11-28-13/h2-3,6-8,11H,4-5,9-10H2,1H3,(H2,27,32). The Morgan fingerprint density at radius 2 is 1.94 bits per heavy atom. The van der Waals surface area contributed by atoms with Crippen LogP contribution in [0.25, 0.3) is 11.1 Å². The van der Waals surface area contributed by atoms with Crippen molar-refractivity contribution in [2.75, 3.05) is 6.54 Å². The van der Waals surface area contributed by atoms with E-state index < -0.39 is 23.6 Å². The van der Waals surface area contributed by atoms with Crippen LogP contribution < -0.4 is 5.73 Å². The molecule has 1 aliphatic heterocycles. The van der Waals surface area contributed by atoms with Gasteiger partial charge in [0, 0.05) is 25.2 Å². The zero-order valence-electron chi connectivity index (χ0n) is 17.1. The number of halogens is 4. The van der Waals surface area contributed by atoms with Crippen molar-refractivity contribution in [2.24, 2.45) is 5.73 Å². The van der Waals surface area contributed by atoms with Gasteiger partial charge in [-0.05, 0) is 48.2 Å². The Morgan fingerprint density at radius 1 is 1.16 bits per heavy atom. The molecule has 2 N–H and O–H groups in total. The van der Waals surface area contributed by atoms with Crippen LogP contribution in [0.15, 0.2) is 36.7 Å². The molecule has 4 rings (SSSR count). The number of hydrogen-bond donors (Lipinski definition) is 1. The van der Waals surface area contributed by atoms with E-state index in [1.54, 1.807) is 19.1 Å². The predicted molar refractivity (Wildman–Crippen MR) is 108 cm³/mol. The van der Waals surface area contributed by atoms with Crippen LogP contribution in [0.3, 0.4) is 0 Å². The summed E-state index contributed by atoms with van der Waals surface area (Å²) in [5, 5.41) is 0. The second-order valence-electron chi connectivity index (χ2n) is 7.68. The molecule has 0 spiro atoms. The van der Waals surface area contributed by atoms with Crippen molar-refractivity contribution in [3.63, 3.8) is 0 Å². The van der Waals surface area contributed by atoms with E-state index in [0.717, 1.165) is 23.5 Å². The number of benzene rings is 1. The molecule has 3 heterocycles. The lowest BCUT2D eigenvalue weighted by Gasteiger charge is -2.29. The Kier molecular flexibility index (Phi) is 5.64. The maximum atomic E-state index is 14.7. The molecule has 1 aromatic carbocycles. The largest absolute Gasteiger partial charge is 0.433 e. The van der Waals surface area contributed by atoms with Crippen LogP contribution >= 0.6 is 0 Å². The SMILES string of the molecule is Cc1ccc(-c2cc(C(N)=O)nc3c2CCN(Cc2cc(C(F)(F)F)ncn2)C3)c(F)c1. The van der Waals surface area contributed by atoms with Gasteiger partial charge in [-0.2, -0.15) is 13.2 Å². The second-order valence-corrected chi connectivity index (χ2v) is 7.68. The van der Waals surface area contributed by atoms with Crippen molar-refractivity contribution >= 4 is 5.91 Å². The van der Waals surface area contributed by atoms with Crippen LogP contribution in [0.1, 0.15) is 38.7 Å². The maximum absolute atomic E-state index is 14.7. The Balaban J connectivity index is 1.67. The average molecular weight is 445 g/mol. The zero-order chi connectivity index (χ0) is 23.0. The van der Waals surface area contributed by atoms with Crippen LogP contribution in [-0.4, -0.2) is 32.3 Å². The fraction of sp³-hybridized carbons (Fsp3) is 0.273. The summed E-state index contributed by atoms with van der Waals surface area (Å²) in [6.45, 7) is 2.67. The molecule has 1 amide bonds. The molecule has 0 radical (unpaired) electrons. The molecule has 2 aromatic heterocycles. The number of carbonyl (C=O) groups excluding carboxylic acids is 1. The van der Waals surface area contributed by atoms with Crippen LogP contribution in [0.2, 0.25) is 0 Å². The highest BCUT2D eigenvalue weighted by Crippen LogP contribution is 2.33. The number of aromatic nitrogens is 3. The summed E-state index contributed by atoms with van der Waals surface area (Å²) < 4.78 is 53.5. The van der Waals surface area contributed by atoms with E-state index in [4.69, 9.17) is 5.73 Å². The number of hydrogen-bond acceptors (Lipinski definition) is 5. The molecule has 0 bridgehead atoms. The highest BCUT2D eigenvalue weighted by atomic mass is 19.4. The summed E-state index contributed by atoms with van der Waals surface area (Å²) >= 11 is 0. The quantitative estimate of drug-likeness (QED) is 0.620. The van der Waals surface area contributed by atoms with Crippen LogP contribution in [0.4, 0.5) is 17.6 Å². The number of primary amides is 1. The number of amides is 1. The normalized spacial score (nSPS) is 14.3. The molecular weight excluding hydrogens is 426 g/mol. The number of nitrogens with zero attached hydrogens (tertiary/aromatic N) is 4. The van der Waals surface area contributed by atoms with E-state index in [1.165, 1.54) is 12.1 Å². The van der Waals surface area contributed by atoms with Crippen molar-refractivity contribution in [1.29, 1.82) is 0 Å². The van der Waals surface area contributed by atoms with Gasteiger partial charge in [0.2, 0.25) is 0 Å². The summed E-state index contributed by atoms with van der Waals surface area (Å²) in [5.41, 5.74) is 7.62. The lowest BCUT2D eigenvalue weighted by Crippen LogP contribution is -2.32. The Hall–Kier alpha value is -3.40. The van der Waals surface area contributed by atoms with Crippen molar-refractivity contribution in [3.8, 4) is 11.1 Å². The molecule has 0 saturated heterocycles. The lowest BCUT2D eigenvalue weighted by molar-refractivity contribution is -0.141. The summed E-state index contributed by atoms with van der Waals surface area (Å²) in [6.07, 6.45) is -3.20. The van der Waals surface area contributed by atoms with E-state index >= 15 is 0 Å². The van der Waals surface area contributed by atoms with E-state index in [0.29, 0.717) is 29.8 Å². The van der Waals surface area contributed by atoms with Crippen molar-refractivity contribution < 1.29 is 22.4 Å². The van der Waals surface area contributed by atoms with Gasteiger partial charge >= 0.3 is 6.18 Å². The molecule has 0 aliphatic carbocycles. The van der Waals surface area contributed by atoms with Gasteiger partial charge in [-0.1, -0.05) is 12.1 Å². The molecule has 32 heavy (non-hydrogen) atoms. The minimum atomic E-state index is -4.56. The highest BCUT2D eigenvalue weighted by molar-refractivity contribution is 5.92. The fourth-order valence-corrected chi connectivity index (χ4v) is 3.80. The molecule has 3 aromatic rings. The number of carbonyl (C=O) groups is 1. The maximum Gasteiger partial charge on any atom is 0.433 e. The Morgan fingerprint density at radius 3 is 2.62 bits per heavy atom. The minimum Gasteiger partial charge on any atom is -0.364 e. The van der Waals surface area contributed by atoms with Crippen molar-refractivity contribution in [1.82, 2.24) is 19.9 Å². The Bertz CT molecular complexity index is 1200. The van der Waals surface area contributed by atoms with Gasteiger partial charge in [-0.3, -0.25) is 9.69 Å². The van der Waals surface area contributed by atoms with Crippen LogP contribution in [0.5, 0.6) is 0 Å². The number of fused-ring (bicyclic) bond motifs is 1. The third-order valence-electron chi connectivity index (χ3n) is 5.33. The van der Waals surface area contributed by atoms with Crippen LogP contribution in [-0.2, 0) is 25.7 Å². The summed E-state index contributed by atoms with van der Waals surface area (Å²) in [7, 11) is 0. The molecule has 0 atom stereocenters. The van der Waals surface area contributed by atoms with Gasteiger partial charge in [-0.15, -0.1) is 0 Å². The molecule has 166 valence electrons. The molecular formula is C22H19F4N5O. The first-order chi connectivity index (χ1) is 15.1. The number of aryl methyl sites for hydroxylation is 1. The summed E-state index contributed by atoms with van der Waals surface area (Å²) in [6, 6.07) is 7.24. The predicted octanol–water partition coefficient (Wildman–Crippen LogP) is 3.66. The van der Waals surface area contributed by atoms with E-state index in [-0.39, 0.29) is 24.5 Å². The third kappa shape index (κ3) is 4.45. The highest BCUT2D eigenvalue weighted by Gasteiger charge is 2.33. The number of pyridine rings is 1. The smallest absolute Gasteiger partial charge is 0.364 e.